The highest BCUT2D eigenvalue weighted by Crippen LogP contribution is 2.43. The molecule has 9 heteroatoms. The van der Waals surface area contributed by atoms with Crippen molar-refractivity contribution in [1.29, 1.82) is 0 Å². The molecule has 0 aromatic carbocycles. The van der Waals surface area contributed by atoms with Crippen LogP contribution in [0.2, 0.25) is 0 Å². The molecule has 0 saturated heterocycles. The van der Waals surface area contributed by atoms with Gasteiger partial charge in [0.25, 0.3) is 0 Å². The standard InChI is InChI=1S/C43H78NO7P/c1-3-5-7-9-11-13-15-17-19-21-22-24-26-28-30-32-34-36-43(45)51-42(41-50-52(46,47)49-39-37-44)40-48-38-35-33-31-29-27-25-23-20-18-16-14-12-10-8-6-4-2/h17-20,22,24,28,30,35,38,42H,3-16,21,23,25-27,29,31-34,36-37,39-41,44H2,1-2H3,(H,46,47)/t42-/m1/s1. The van der Waals surface area contributed by atoms with Crippen LogP contribution >= 0.6 is 7.82 Å². The van der Waals surface area contributed by atoms with E-state index >= 15 is 0 Å². The van der Waals surface area contributed by atoms with Crippen molar-refractivity contribution in [3.8, 4) is 0 Å². The van der Waals surface area contributed by atoms with E-state index in [1.54, 1.807) is 6.26 Å². The largest absolute Gasteiger partial charge is 0.498 e. The minimum absolute atomic E-state index is 0.00464. The van der Waals surface area contributed by atoms with E-state index in [-0.39, 0.29) is 32.8 Å². The van der Waals surface area contributed by atoms with Crippen molar-refractivity contribution in [2.45, 2.75) is 180 Å². The molecule has 0 saturated carbocycles. The fraction of sp³-hybridized carbons (Fsp3) is 0.744. The molecule has 0 radical (unpaired) electrons. The summed E-state index contributed by atoms with van der Waals surface area (Å²) in [5.41, 5.74) is 5.35. The summed E-state index contributed by atoms with van der Waals surface area (Å²) in [4.78, 5) is 22.4. The monoisotopic (exact) mass is 752 g/mol. The molecule has 0 aliphatic carbocycles. The van der Waals surface area contributed by atoms with Crippen LogP contribution in [-0.2, 0) is 27.9 Å². The summed E-state index contributed by atoms with van der Waals surface area (Å²) in [7, 11) is -4.31. The number of ether oxygens (including phenoxy) is 2. The highest BCUT2D eigenvalue weighted by Gasteiger charge is 2.25. The average Bonchev–Trinajstić information content (AvgIpc) is 3.13. The Balaban J connectivity index is 4.23. The zero-order valence-electron chi connectivity index (χ0n) is 33.3. The van der Waals surface area contributed by atoms with Gasteiger partial charge < -0.3 is 20.1 Å². The molecule has 0 aliphatic rings. The topological polar surface area (TPSA) is 117 Å². The first-order valence-electron chi connectivity index (χ1n) is 20.8. The van der Waals surface area contributed by atoms with E-state index in [0.29, 0.717) is 6.42 Å². The third-order valence-electron chi connectivity index (χ3n) is 8.47. The van der Waals surface area contributed by atoms with Crippen LogP contribution in [0.5, 0.6) is 0 Å². The summed E-state index contributed by atoms with van der Waals surface area (Å²) in [6, 6.07) is 0. The molecule has 302 valence electrons. The van der Waals surface area contributed by atoms with Crippen LogP contribution in [0.1, 0.15) is 174 Å². The quantitative estimate of drug-likeness (QED) is 0.0210. The predicted octanol–water partition coefficient (Wildman–Crippen LogP) is 12.5. The molecule has 0 aliphatic heterocycles. The van der Waals surface area contributed by atoms with Crippen LogP contribution < -0.4 is 5.73 Å². The van der Waals surface area contributed by atoms with Gasteiger partial charge >= 0.3 is 13.8 Å². The van der Waals surface area contributed by atoms with E-state index in [2.05, 4.69) is 62.5 Å². The molecule has 0 aromatic heterocycles. The first-order valence-corrected chi connectivity index (χ1v) is 22.3. The van der Waals surface area contributed by atoms with Gasteiger partial charge in [-0.2, -0.15) is 0 Å². The van der Waals surface area contributed by atoms with Gasteiger partial charge in [-0.1, -0.05) is 140 Å². The maximum Gasteiger partial charge on any atom is 0.472 e. The minimum atomic E-state index is -4.31. The Kier molecular flexibility index (Phi) is 38.7. The molecule has 2 atom stereocenters. The Bertz CT molecular complexity index is 979. The van der Waals surface area contributed by atoms with Gasteiger partial charge in [-0.05, 0) is 83.1 Å². The van der Waals surface area contributed by atoms with Crippen LogP contribution in [0.15, 0.2) is 60.9 Å². The summed E-state index contributed by atoms with van der Waals surface area (Å²) in [6.45, 7) is 4.15. The van der Waals surface area contributed by atoms with Gasteiger partial charge in [0.15, 0.2) is 6.10 Å². The summed E-state index contributed by atoms with van der Waals surface area (Å²) >= 11 is 0. The van der Waals surface area contributed by atoms with Gasteiger partial charge in [-0.3, -0.25) is 13.8 Å². The lowest BCUT2D eigenvalue weighted by molar-refractivity contribution is -0.153. The highest BCUT2D eigenvalue weighted by atomic mass is 31.2. The summed E-state index contributed by atoms with van der Waals surface area (Å²) < 4.78 is 33.1. The molecular formula is C43H78NO7P. The number of allylic oxidation sites excluding steroid dienone is 9. The van der Waals surface area contributed by atoms with Crippen molar-refractivity contribution in [2.24, 2.45) is 5.73 Å². The van der Waals surface area contributed by atoms with Crippen LogP contribution in [0.25, 0.3) is 0 Å². The first-order chi connectivity index (χ1) is 25.4. The second-order valence-electron chi connectivity index (χ2n) is 13.6. The molecule has 3 N–H and O–H groups in total. The molecule has 1 unspecified atom stereocenters. The van der Waals surface area contributed by atoms with Gasteiger partial charge in [-0.15, -0.1) is 0 Å². The lowest BCUT2D eigenvalue weighted by atomic mass is 10.1. The van der Waals surface area contributed by atoms with Crippen LogP contribution in [0.3, 0.4) is 0 Å². The minimum Gasteiger partial charge on any atom is -0.498 e. The van der Waals surface area contributed by atoms with Gasteiger partial charge in [0.1, 0.15) is 6.61 Å². The maximum absolute atomic E-state index is 12.5. The second kappa shape index (κ2) is 40.2. The number of hydrogen-bond donors (Lipinski definition) is 2. The molecule has 0 bridgehead atoms. The molecule has 0 spiro atoms. The number of phosphoric ester groups is 1. The fourth-order valence-corrected chi connectivity index (χ4v) is 6.15. The number of hydrogen-bond acceptors (Lipinski definition) is 7. The number of nitrogens with two attached hydrogens (primary N) is 1. The highest BCUT2D eigenvalue weighted by molar-refractivity contribution is 7.47. The van der Waals surface area contributed by atoms with E-state index in [1.807, 2.05) is 6.08 Å². The summed E-state index contributed by atoms with van der Waals surface area (Å²) in [5, 5.41) is 0. The molecule has 0 heterocycles. The third kappa shape index (κ3) is 39.3. The van der Waals surface area contributed by atoms with Crippen molar-refractivity contribution in [3.05, 3.63) is 60.9 Å². The molecule has 0 rings (SSSR count). The van der Waals surface area contributed by atoms with Crippen molar-refractivity contribution in [3.63, 3.8) is 0 Å². The average molecular weight is 752 g/mol. The molecule has 0 aromatic rings. The van der Waals surface area contributed by atoms with Crippen molar-refractivity contribution < 1.29 is 32.8 Å². The molecule has 8 nitrogen and oxygen atoms in total. The van der Waals surface area contributed by atoms with E-state index in [1.165, 1.54) is 109 Å². The summed E-state index contributed by atoms with van der Waals surface area (Å²) in [6.07, 6.45) is 49.1. The van der Waals surface area contributed by atoms with Crippen LogP contribution in [0, 0.1) is 0 Å². The van der Waals surface area contributed by atoms with Crippen LogP contribution in [-0.4, -0.2) is 43.3 Å². The van der Waals surface area contributed by atoms with Crippen LogP contribution in [0.4, 0.5) is 0 Å². The second-order valence-corrected chi connectivity index (χ2v) is 15.0. The molecule has 0 amide bonds. The summed E-state index contributed by atoms with van der Waals surface area (Å²) in [5.74, 6) is -0.407. The Morgan fingerprint density at radius 1 is 0.596 bits per heavy atom. The van der Waals surface area contributed by atoms with E-state index in [4.69, 9.17) is 24.3 Å². The zero-order valence-corrected chi connectivity index (χ0v) is 34.2. The Labute approximate surface area is 319 Å². The van der Waals surface area contributed by atoms with Crippen molar-refractivity contribution in [1.82, 2.24) is 0 Å². The fourth-order valence-electron chi connectivity index (χ4n) is 5.38. The third-order valence-corrected chi connectivity index (χ3v) is 9.46. The van der Waals surface area contributed by atoms with E-state index in [9.17, 15) is 14.3 Å². The Hall–Kier alpha value is -1.96. The van der Waals surface area contributed by atoms with E-state index in [0.717, 1.165) is 38.5 Å². The van der Waals surface area contributed by atoms with Gasteiger partial charge in [-0.25, -0.2) is 4.57 Å². The molecule has 0 fully saturated rings. The maximum atomic E-state index is 12.5. The number of rotatable bonds is 39. The number of esters is 1. The number of unbranched alkanes of at least 4 members (excludes halogenated alkanes) is 18. The van der Waals surface area contributed by atoms with Crippen molar-refractivity contribution >= 4 is 13.8 Å². The number of phosphoric acid groups is 1. The predicted molar refractivity (Wildman–Crippen MR) is 219 cm³/mol. The van der Waals surface area contributed by atoms with Gasteiger partial charge in [0.05, 0.1) is 19.5 Å². The normalized spacial score (nSPS) is 14.1. The van der Waals surface area contributed by atoms with E-state index < -0.39 is 19.9 Å². The molecule has 52 heavy (non-hydrogen) atoms. The van der Waals surface area contributed by atoms with Crippen molar-refractivity contribution in [2.75, 3.05) is 26.4 Å². The zero-order chi connectivity index (χ0) is 38.1. The smallest absolute Gasteiger partial charge is 0.472 e. The van der Waals surface area contributed by atoms with Gasteiger partial charge in [0, 0.05) is 13.0 Å². The Morgan fingerprint density at radius 3 is 1.56 bits per heavy atom. The number of carbonyl (C=O) groups excluding carboxylic acids is 1. The number of carbonyl (C=O) groups is 1. The Morgan fingerprint density at radius 2 is 1.04 bits per heavy atom. The first kappa shape index (κ1) is 50.0. The van der Waals surface area contributed by atoms with Gasteiger partial charge in [0.2, 0.25) is 0 Å². The lowest BCUT2D eigenvalue weighted by Gasteiger charge is -2.19. The SMILES string of the molecule is CCCCCCCCC=CCC=CCC=CCCCC(=O)O[C@H](COC=CCCCCCCC=CCCCCCCCC)COP(=O)(O)OCCN. The molecular weight excluding hydrogens is 673 g/mol. The lowest BCUT2D eigenvalue weighted by Crippen LogP contribution is -2.27.